The number of aryl methyl sites for hydroxylation is 1. The van der Waals surface area contributed by atoms with Crippen LogP contribution < -0.4 is 4.74 Å². The zero-order valence-electron chi connectivity index (χ0n) is 24.8. The third-order valence-corrected chi connectivity index (χ3v) is 7.48. The van der Waals surface area contributed by atoms with Crippen LogP contribution in [0.3, 0.4) is 0 Å². The monoisotopic (exact) mass is 560 g/mol. The number of benzene rings is 2. The molecule has 3 aromatic rings. The number of aliphatic carboxylic acids is 1. The highest BCUT2D eigenvalue weighted by molar-refractivity contribution is 5.82. The third-order valence-electron chi connectivity index (χ3n) is 7.48. The van der Waals surface area contributed by atoms with Crippen molar-refractivity contribution in [2.24, 2.45) is 11.3 Å². The summed E-state index contributed by atoms with van der Waals surface area (Å²) in [4.78, 5) is 32.3. The van der Waals surface area contributed by atoms with Crippen LogP contribution in [0, 0.1) is 18.3 Å². The maximum atomic E-state index is 13.5. The number of carbonyl (C=O) groups is 2. The summed E-state index contributed by atoms with van der Waals surface area (Å²) < 4.78 is 17.8. The van der Waals surface area contributed by atoms with Crippen LogP contribution in [0.25, 0.3) is 11.1 Å². The normalized spacial score (nSPS) is 20.7. The number of pyridine rings is 1. The van der Waals surface area contributed by atoms with Gasteiger partial charge in [-0.3, -0.25) is 4.90 Å². The number of rotatable bonds is 8. The molecule has 1 amide bonds. The Bertz CT molecular complexity index is 1350. The molecule has 0 spiro atoms. The first-order valence-electron chi connectivity index (χ1n) is 13.9. The number of aromatic nitrogens is 1. The summed E-state index contributed by atoms with van der Waals surface area (Å²) in [6, 6.07) is 17.7. The summed E-state index contributed by atoms with van der Waals surface area (Å²) in [6.07, 6.45) is 0.00618. The van der Waals surface area contributed by atoms with Gasteiger partial charge in [-0.05, 0) is 43.4 Å². The Kier molecular flexibility index (Phi) is 9.02. The maximum Gasteiger partial charge on any atom is 0.411 e. The lowest BCUT2D eigenvalue weighted by atomic mass is 9.73. The van der Waals surface area contributed by atoms with Crippen LogP contribution in [-0.4, -0.2) is 52.4 Å². The van der Waals surface area contributed by atoms with Crippen molar-refractivity contribution in [2.45, 2.75) is 72.4 Å². The minimum absolute atomic E-state index is 0.107. The van der Waals surface area contributed by atoms with E-state index in [0.717, 1.165) is 27.8 Å². The van der Waals surface area contributed by atoms with Crippen molar-refractivity contribution in [3.05, 3.63) is 83.6 Å². The van der Waals surface area contributed by atoms with Crippen molar-refractivity contribution in [1.82, 2.24) is 9.88 Å². The number of carboxylic acid groups (broad SMARTS) is 1. The molecular formula is C33H40N2O6. The Morgan fingerprint density at radius 1 is 1.02 bits per heavy atom. The van der Waals surface area contributed by atoms with E-state index in [0.29, 0.717) is 5.88 Å². The Morgan fingerprint density at radius 2 is 1.68 bits per heavy atom. The van der Waals surface area contributed by atoms with Gasteiger partial charge >= 0.3 is 12.1 Å². The first-order valence-corrected chi connectivity index (χ1v) is 13.9. The van der Waals surface area contributed by atoms with E-state index in [1.54, 1.807) is 27.2 Å². The zero-order valence-corrected chi connectivity index (χ0v) is 24.8. The lowest BCUT2D eigenvalue weighted by molar-refractivity contribution is -0.145. The first-order chi connectivity index (χ1) is 19.4. The van der Waals surface area contributed by atoms with Gasteiger partial charge in [-0.1, -0.05) is 80.9 Å². The van der Waals surface area contributed by atoms with Gasteiger partial charge in [-0.25, -0.2) is 14.6 Å². The highest BCUT2D eigenvalue weighted by Crippen LogP contribution is 2.50. The van der Waals surface area contributed by atoms with E-state index >= 15 is 0 Å². The van der Waals surface area contributed by atoms with Gasteiger partial charge in [0.05, 0.1) is 32.0 Å². The van der Waals surface area contributed by atoms with Crippen LogP contribution in [-0.2, 0) is 20.9 Å². The SMILES string of the molecule is COc1ncc(-c2ccc(C)cc2)cc1CO[C@H]1[C@H](C(C)(C)C)[C@@H](C(=O)O)N(C(=O)OC(C)C)[C@H]1c1ccccc1. The molecule has 0 bridgehead atoms. The van der Waals surface area contributed by atoms with Crippen LogP contribution in [0.2, 0.25) is 0 Å². The Balaban J connectivity index is 1.79. The highest BCUT2D eigenvalue weighted by Gasteiger charge is 2.59. The molecule has 41 heavy (non-hydrogen) atoms. The van der Waals surface area contributed by atoms with Gasteiger partial charge in [-0.15, -0.1) is 0 Å². The second-order valence-corrected chi connectivity index (χ2v) is 11.9. The van der Waals surface area contributed by atoms with E-state index in [2.05, 4.69) is 4.98 Å². The predicted octanol–water partition coefficient (Wildman–Crippen LogP) is 6.67. The van der Waals surface area contributed by atoms with Gasteiger partial charge in [0.1, 0.15) is 6.04 Å². The average Bonchev–Trinajstić information content (AvgIpc) is 3.28. The summed E-state index contributed by atoms with van der Waals surface area (Å²) in [5, 5.41) is 10.5. The minimum Gasteiger partial charge on any atom is -0.481 e. The van der Waals surface area contributed by atoms with Crippen LogP contribution in [0.15, 0.2) is 66.9 Å². The maximum absolute atomic E-state index is 13.5. The van der Waals surface area contributed by atoms with Crippen molar-refractivity contribution in [3.63, 3.8) is 0 Å². The van der Waals surface area contributed by atoms with Gasteiger partial charge in [0.15, 0.2) is 0 Å². The van der Waals surface area contributed by atoms with E-state index in [9.17, 15) is 14.7 Å². The number of carboxylic acids is 1. The molecule has 8 heteroatoms. The standard InChI is InChI=1S/C33H40N2O6/c1-20(2)41-32(38)35-27(23-11-9-8-10-12-23)29(26(33(4,5)6)28(35)31(36)37)40-19-25-17-24(18-34-30(25)39-7)22-15-13-21(3)14-16-22/h8-18,20,26-29H,19H2,1-7H3,(H,36,37)/t26-,27+,28+,29+/m1/s1. The predicted molar refractivity (Wildman–Crippen MR) is 157 cm³/mol. The zero-order chi connectivity index (χ0) is 29.9. The highest BCUT2D eigenvalue weighted by atomic mass is 16.6. The average molecular weight is 561 g/mol. The van der Waals surface area contributed by atoms with E-state index in [4.69, 9.17) is 14.2 Å². The molecule has 0 radical (unpaired) electrons. The first kappa shape index (κ1) is 30.1. The van der Waals surface area contributed by atoms with Crippen molar-refractivity contribution in [2.75, 3.05) is 7.11 Å². The molecule has 218 valence electrons. The lowest BCUT2D eigenvalue weighted by Gasteiger charge is -2.34. The molecule has 1 fully saturated rings. The summed E-state index contributed by atoms with van der Waals surface area (Å²) in [5.74, 6) is -1.23. The number of likely N-dealkylation sites (tertiary alicyclic amines) is 1. The van der Waals surface area contributed by atoms with Crippen molar-refractivity contribution in [1.29, 1.82) is 0 Å². The summed E-state index contributed by atoms with van der Waals surface area (Å²) in [7, 11) is 1.56. The minimum atomic E-state index is -1.16. The largest absolute Gasteiger partial charge is 0.481 e. The lowest BCUT2D eigenvalue weighted by Crippen LogP contribution is -2.47. The van der Waals surface area contributed by atoms with Crippen LogP contribution in [0.1, 0.15) is 57.4 Å². The number of hydrogen-bond donors (Lipinski definition) is 1. The van der Waals surface area contributed by atoms with E-state index in [1.807, 2.05) is 88.4 Å². The number of ether oxygens (including phenoxy) is 3. The van der Waals surface area contributed by atoms with Crippen LogP contribution in [0.5, 0.6) is 5.88 Å². The molecule has 2 heterocycles. The van der Waals surface area contributed by atoms with Gasteiger partial charge in [0, 0.05) is 23.2 Å². The van der Waals surface area contributed by atoms with Gasteiger partial charge in [0.25, 0.3) is 0 Å². The Labute approximate surface area is 242 Å². The Morgan fingerprint density at radius 3 is 2.24 bits per heavy atom. The fraction of sp³-hybridized carbons (Fsp3) is 0.424. The van der Waals surface area contributed by atoms with Crippen molar-refractivity contribution in [3.8, 4) is 17.0 Å². The molecule has 1 aliphatic heterocycles. The van der Waals surface area contributed by atoms with E-state index in [1.165, 1.54) is 4.90 Å². The molecular weight excluding hydrogens is 520 g/mol. The van der Waals surface area contributed by atoms with Crippen LogP contribution in [0.4, 0.5) is 4.79 Å². The molecule has 1 saturated heterocycles. The third kappa shape index (κ3) is 6.54. The quantitative estimate of drug-likeness (QED) is 0.329. The molecule has 4 atom stereocenters. The smallest absolute Gasteiger partial charge is 0.411 e. The number of amides is 1. The number of methoxy groups -OCH3 is 1. The summed E-state index contributed by atoms with van der Waals surface area (Å²) >= 11 is 0. The number of nitrogens with zero attached hydrogens (tertiary/aromatic N) is 2. The molecule has 2 aromatic carbocycles. The van der Waals surface area contributed by atoms with E-state index in [-0.39, 0.29) is 6.61 Å². The molecule has 0 aliphatic carbocycles. The van der Waals surface area contributed by atoms with Gasteiger partial charge < -0.3 is 19.3 Å². The molecule has 1 aromatic heterocycles. The topological polar surface area (TPSA) is 98.2 Å². The molecule has 8 nitrogen and oxygen atoms in total. The summed E-state index contributed by atoms with van der Waals surface area (Å²) in [6.45, 7) is 11.6. The second-order valence-electron chi connectivity index (χ2n) is 11.9. The Hall–Kier alpha value is -3.91. The fourth-order valence-electron chi connectivity index (χ4n) is 5.68. The molecule has 0 unspecified atom stereocenters. The number of hydrogen-bond acceptors (Lipinski definition) is 6. The molecule has 4 rings (SSSR count). The summed E-state index contributed by atoms with van der Waals surface area (Å²) in [5.41, 5.74) is 4.05. The van der Waals surface area contributed by atoms with Gasteiger partial charge in [0.2, 0.25) is 5.88 Å². The molecule has 1 aliphatic rings. The van der Waals surface area contributed by atoms with Gasteiger partial charge in [-0.2, -0.15) is 0 Å². The van der Waals surface area contributed by atoms with Crippen molar-refractivity contribution >= 4 is 12.1 Å². The van der Waals surface area contributed by atoms with E-state index < -0.39 is 47.7 Å². The second kappa shape index (κ2) is 12.3. The molecule has 0 saturated carbocycles. The fourth-order valence-corrected chi connectivity index (χ4v) is 5.68. The number of carbonyl (C=O) groups excluding carboxylic acids is 1. The van der Waals surface area contributed by atoms with Crippen LogP contribution >= 0.6 is 0 Å². The molecule has 1 N–H and O–H groups in total. The van der Waals surface area contributed by atoms with Crippen molar-refractivity contribution < 1.29 is 28.9 Å².